The summed E-state index contributed by atoms with van der Waals surface area (Å²) in [7, 11) is 0. The number of ether oxygens (including phenoxy) is 2. The van der Waals surface area contributed by atoms with Gasteiger partial charge in [0.15, 0.2) is 5.75 Å². The number of amides is 1. The number of benzene rings is 1. The van der Waals surface area contributed by atoms with Gasteiger partial charge < -0.3 is 19.8 Å². The predicted octanol–water partition coefficient (Wildman–Crippen LogP) is 4.16. The zero-order valence-corrected chi connectivity index (χ0v) is 16.3. The van der Waals surface area contributed by atoms with E-state index in [-0.39, 0.29) is 18.7 Å². The van der Waals surface area contributed by atoms with Crippen molar-refractivity contribution >= 4 is 28.2 Å². The van der Waals surface area contributed by atoms with Gasteiger partial charge in [-0.2, -0.15) is 11.3 Å². The molecule has 142 valence electrons. The number of H-pyrrole nitrogens is 1. The molecule has 2 aromatic heterocycles. The monoisotopic (exact) mass is 386 g/mol. The van der Waals surface area contributed by atoms with Gasteiger partial charge in [-0.25, -0.2) is 4.79 Å². The van der Waals surface area contributed by atoms with Gasteiger partial charge in [-0.15, -0.1) is 0 Å². The topological polar surface area (TPSA) is 80.4 Å². The first-order valence-corrected chi connectivity index (χ1v) is 9.57. The van der Waals surface area contributed by atoms with Gasteiger partial charge in [0, 0.05) is 16.3 Å². The van der Waals surface area contributed by atoms with Crippen LogP contribution in [0, 0.1) is 0 Å². The van der Waals surface area contributed by atoms with Gasteiger partial charge in [-0.1, -0.05) is 18.2 Å². The van der Waals surface area contributed by atoms with Crippen LogP contribution in [0.4, 0.5) is 4.79 Å². The van der Waals surface area contributed by atoms with E-state index < -0.39 is 11.7 Å². The summed E-state index contributed by atoms with van der Waals surface area (Å²) in [6.45, 7) is 5.95. The lowest BCUT2D eigenvalue weighted by Crippen LogP contribution is -2.34. The highest BCUT2D eigenvalue weighted by Gasteiger charge is 2.17. The SMILES string of the molecule is CC(C)(C)OC(=O)NCCOc1c(-c2ccsc2)[nH]c(=O)c2ccccc12. The normalized spacial score (nSPS) is 11.4. The molecule has 0 bridgehead atoms. The summed E-state index contributed by atoms with van der Waals surface area (Å²) in [6, 6.07) is 9.23. The standard InChI is InChI=1S/C20H22N2O4S/c1-20(2,3)26-19(24)21-9-10-25-17-14-6-4-5-7-15(14)18(23)22-16(17)13-8-11-27-12-13/h4-8,11-12H,9-10H2,1-3H3,(H,21,24)(H,22,23). The van der Waals surface area contributed by atoms with Gasteiger partial charge in [0.05, 0.1) is 17.6 Å². The lowest BCUT2D eigenvalue weighted by atomic mass is 10.1. The Morgan fingerprint density at radius 2 is 1.93 bits per heavy atom. The number of rotatable bonds is 5. The van der Waals surface area contributed by atoms with Crippen LogP contribution in [0.15, 0.2) is 45.9 Å². The molecule has 0 fully saturated rings. The quantitative estimate of drug-likeness (QED) is 0.645. The van der Waals surface area contributed by atoms with Gasteiger partial charge in [0.1, 0.15) is 12.2 Å². The van der Waals surface area contributed by atoms with Gasteiger partial charge in [-0.05, 0) is 38.3 Å². The molecule has 27 heavy (non-hydrogen) atoms. The van der Waals surface area contributed by atoms with Crippen LogP contribution in [0.5, 0.6) is 5.75 Å². The Kier molecular flexibility index (Phi) is 5.51. The Bertz CT molecular complexity index is 987. The lowest BCUT2D eigenvalue weighted by Gasteiger charge is -2.20. The molecule has 3 rings (SSSR count). The number of pyridine rings is 1. The number of fused-ring (bicyclic) bond motifs is 1. The van der Waals surface area contributed by atoms with E-state index in [0.29, 0.717) is 16.8 Å². The largest absolute Gasteiger partial charge is 0.489 e. The fraction of sp³-hybridized carbons (Fsp3) is 0.300. The molecular formula is C20H22N2O4S. The van der Waals surface area contributed by atoms with Crippen molar-refractivity contribution in [3.63, 3.8) is 0 Å². The second-order valence-corrected chi connectivity index (χ2v) is 7.77. The summed E-state index contributed by atoms with van der Waals surface area (Å²) in [6.07, 6.45) is -0.490. The zero-order valence-electron chi connectivity index (χ0n) is 15.5. The van der Waals surface area contributed by atoms with Crippen molar-refractivity contribution < 1.29 is 14.3 Å². The maximum atomic E-state index is 12.4. The molecule has 6 nitrogen and oxygen atoms in total. The molecule has 7 heteroatoms. The Balaban J connectivity index is 1.81. The molecule has 0 unspecified atom stereocenters. The van der Waals surface area contributed by atoms with E-state index in [4.69, 9.17) is 9.47 Å². The summed E-state index contributed by atoms with van der Waals surface area (Å²) in [5.41, 5.74) is 0.813. The number of alkyl carbamates (subject to hydrolysis) is 1. The highest BCUT2D eigenvalue weighted by Crippen LogP contribution is 2.34. The second kappa shape index (κ2) is 7.84. The maximum absolute atomic E-state index is 12.4. The van der Waals surface area contributed by atoms with E-state index in [1.165, 1.54) is 0 Å². The Morgan fingerprint density at radius 3 is 2.59 bits per heavy atom. The van der Waals surface area contributed by atoms with Crippen LogP contribution in [-0.2, 0) is 4.74 Å². The minimum Gasteiger partial charge on any atom is -0.489 e. The number of hydrogen-bond donors (Lipinski definition) is 2. The Hall–Kier alpha value is -2.80. The van der Waals surface area contributed by atoms with Crippen molar-refractivity contribution in [2.75, 3.05) is 13.2 Å². The number of carbonyl (C=O) groups is 1. The first-order valence-electron chi connectivity index (χ1n) is 8.62. The highest BCUT2D eigenvalue weighted by atomic mass is 32.1. The van der Waals surface area contributed by atoms with Crippen molar-refractivity contribution in [3.05, 3.63) is 51.4 Å². The minimum atomic E-state index is -0.549. The van der Waals surface area contributed by atoms with E-state index in [1.807, 2.05) is 55.8 Å². The molecule has 1 amide bonds. The molecule has 1 aromatic carbocycles. The second-order valence-electron chi connectivity index (χ2n) is 6.99. The molecule has 2 heterocycles. The van der Waals surface area contributed by atoms with E-state index in [2.05, 4.69) is 10.3 Å². The molecule has 2 N–H and O–H groups in total. The summed E-state index contributed by atoms with van der Waals surface area (Å²) in [5.74, 6) is 0.592. The number of nitrogens with one attached hydrogen (secondary N) is 2. The van der Waals surface area contributed by atoms with E-state index in [1.54, 1.807) is 17.4 Å². The Morgan fingerprint density at radius 1 is 1.19 bits per heavy atom. The highest BCUT2D eigenvalue weighted by molar-refractivity contribution is 7.08. The van der Waals surface area contributed by atoms with Crippen LogP contribution in [0.2, 0.25) is 0 Å². The van der Waals surface area contributed by atoms with Crippen molar-refractivity contribution in [2.24, 2.45) is 0 Å². The minimum absolute atomic E-state index is 0.161. The van der Waals surface area contributed by atoms with Crippen LogP contribution in [0.25, 0.3) is 22.0 Å². The third-order valence-electron chi connectivity index (χ3n) is 3.71. The number of aromatic amines is 1. The van der Waals surface area contributed by atoms with Gasteiger partial charge >= 0.3 is 6.09 Å². The average Bonchev–Trinajstić information content (AvgIpc) is 3.13. The number of hydrogen-bond acceptors (Lipinski definition) is 5. The van der Waals surface area contributed by atoms with E-state index in [0.717, 1.165) is 10.9 Å². The molecule has 0 aliphatic rings. The smallest absolute Gasteiger partial charge is 0.407 e. The molecule has 0 atom stereocenters. The van der Waals surface area contributed by atoms with Crippen molar-refractivity contribution in [2.45, 2.75) is 26.4 Å². The number of aromatic nitrogens is 1. The van der Waals surface area contributed by atoms with E-state index in [9.17, 15) is 9.59 Å². The molecule has 0 spiro atoms. The van der Waals surface area contributed by atoms with Crippen LogP contribution in [0.3, 0.4) is 0 Å². The third-order valence-corrected chi connectivity index (χ3v) is 4.39. The zero-order chi connectivity index (χ0) is 19.4. The summed E-state index contributed by atoms with van der Waals surface area (Å²) < 4.78 is 11.2. The number of carbonyl (C=O) groups excluding carboxylic acids is 1. The van der Waals surface area contributed by atoms with Crippen molar-refractivity contribution in [1.29, 1.82) is 0 Å². The molecule has 0 aliphatic carbocycles. The molecule has 0 saturated carbocycles. The van der Waals surface area contributed by atoms with Gasteiger partial charge in [-0.3, -0.25) is 4.79 Å². The summed E-state index contributed by atoms with van der Waals surface area (Å²) in [5, 5.41) is 7.86. The average molecular weight is 386 g/mol. The Labute approximate surface area is 161 Å². The van der Waals surface area contributed by atoms with E-state index >= 15 is 0 Å². The molecular weight excluding hydrogens is 364 g/mol. The molecule has 0 saturated heterocycles. The van der Waals surface area contributed by atoms with Crippen molar-refractivity contribution in [3.8, 4) is 17.0 Å². The van der Waals surface area contributed by atoms with Crippen LogP contribution < -0.4 is 15.6 Å². The maximum Gasteiger partial charge on any atom is 0.407 e. The fourth-order valence-electron chi connectivity index (χ4n) is 2.63. The van der Waals surface area contributed by atoms with Crippen LogP contribution >= 0.6 is 11.3 Å². The third kappa shape index (κ3) is 4.68. The molecule has 0 radical (unpaired) electrons. The first kappa shape index (κ1) is 19.0. The van der Waals surface area contributed by atoms with Crippen molar-refractivity contribution in [1.82, 2.24) is 10.3 Å². The van der Waals surface area contributed by atoms with Crippen LogP contribution in [-0.4, -0.2) is 29.8 Å². The van der Waals surface area contributed by atoms with Crippen LogP contribution in [0.1, 0.15) is 20.8 Å². The number of thiophene rings is 1. The first-order chi connectivity index (χ1) is 12.8. The van der Waals surface area contributed by atoms with Gasteiger partial charge in [0.2, 0.25) is 0 Å². The molecule has 0 aliphatic heterocycles. The summed E-state index contributed by atoms with van der Waals surface area (Å²) in [4.78, 5) is 27.1. The molecule has 3 aromatic rings. The predicted molar refractivity (Wildman–Crippen MR) is 108 cm³/mol. The lowest BCUT2D eigenvalue weighted by molar-refractivity contribution is 0.0520. The summed E-state index contributed by atoms with van der Waals surface area (Å²) >= 11 is 1.54. The van der Waals surface area contributed by atoms with Gasteiger partial charge in [0.25, 0.3) is 5.56 Å². The fourth-order valence-corrected chi connectivity index (χ4v) is 3.28.